The summed E-state index contributed by atoms with van der Waals surface area (Å²) in [5.74, 6) is 0.309. The standard InChI is InChI=1S/C20H20N2O3/c23-20(24)15-4-3-5-17-18(11-8-15)25-19(21-17)14-6-9-16(10-7-14)22-12-1-2-13-22/h4,6-11H,1-3,5,12-13H2,(H,23,24)/b11-8-,15-4?. The number of benzene rings is 1. The zero-order valence-electron chi connectivity index (χ0n) is 13.9. The number of rotatable bonds is 3. The summed E-state index contributed by atoms with van der Waals surface area (Å²) in [4.78, 5) is 18.1. The molecule has 2 aromatic rings. The van der Waals surface area contributed by atoms with E-state index in [9.17, 15) is 4.79 Å². The molecule has 25 heavy (non-hydrogen) atoms. The van der Waals surface area contributed by atoms with Gasteiger partial charge < -0.3 is 14.4 Å². The zero-order valence-corrected chi connectivity index (χ0v) is 13.9. The van der Waals surface area contributed by atoms with Crippen molar-refractivity contribution in [1.29, 1.82) is 0 Å². The van der Waals surface area contributed by atoms with Gasteiger partial charge in [-0.15, -0.1) is 0 Å². The third-order valence-electron chi connectivity index (χ3n) is 4.72. The van der Waals surface area contributed by atoms with Crippen LogP contribution in [0.5, 0.6) is 0 Å². The summed E-state index contributed by atoms with van der Waals surface area (Å²) >= 11 is 0. The topological polar surface area (TPSA) is 66.6 Å². The molecule has 0 bridgehead atoms. The number of hydrogen-bond acceptors (Lipinski definition) is 4. The number of aromatic nitrogens is 1. The highest BCUT2D eigenvalue weighted by molar-refractivity contribution is 5.91. The van der Waals surface area contributed by atoms with Gasteiger partial charge in [0.15, 0.2) is 5.76 Å². The van der Waals surface area contributed by atoms with Crippen LogP contribution in [0.15, 0.2) is 46.4 Å². The molecule has 0 radical (unpaired) electrons. The van der Waals surface area contributed by atoms with Crippen molar-refractivity contribution in [1.82, 2.24) is 4.98 Å². The summed E-state index contributed by atoms with van der Waals surface area (Å²) in [7, 11) is 0. The maximum Gasteiger partial charge on any atom is 0.335 e. The monoisotopic (exact) mass is 336 g/mol. The van der Waals surface area contributed by atoms with Crippen molar-refractivity contribution in [3.63, 3.8) is 0 Å². The normalized spacial score (nSPS) is 18.2. The molecule has 0 saturated carbocycles. The number of nitrogens with zero attached hydrogens (tertiary/aromatic N) is 2. The van der Waals surface area contributed by atoms with Crippen LogP contribution in [-0.2, 0) is 11.2 Å². The van der Waals surface area contributed by atoms with Crippen molar-refractivity contribution in [3.8, 4) is 11.5 Å². The van der Waals surface area contributed by atoms with Gasteiger partial charge in [0.25, 0.3) is 0 Å². The molecule has 1 saturated heterocycles. The van der Waals surface area contributed by atoms with Gasteiger partial charge in [-0.05, 0) is 62.1 Å². The Kier molecular flexibility index (Phi) is 4.14. The highest BCUT2D eigenvalue weighted by Gasteiger charge is 2.16. The van der Waals surface area contributed by atoms with Crippen LogP contribution in [0.1, 0.15) is 30.7 Å². The number of allylic oxidation sites excluding steroid dienone is 1. The van der Waals surface area contributed by atoms with Gasteiger partial charge in [-0.1, -0.05) is 6.08 Å². The minimum absolute atomic E-state index is 0.290. The lowest BCUT2D eigenvalue weighted by Crippen LogP contribution is -2.17. The van der Waals surface area contributed by atoms with Gasteiger partial charge in [0.1, 0.15) is 0 Å². The molecule has 2 heterocycles. The Bertz CT molecular complexity index is 840. The lowest BCUT2D eigenvalue weighted by atomic mass is 10.1. The Morgan fingerprint density at radius 1 is 1.12 bits per heavy atom. The summed E-state index contributed by atoms with van der Waals surface area (Å²) in [5, 5.41) is 9.13. The number of carbonyl (C=O) groups is 1. The fraction of sp³-hybridized carbons (Fsp3) is 0.300. The Labute approximate surface area is 146 Å². The number of hydrogen-bond donors (Lipinski definition) is 1. The van der Waals surface area contributed by atoms with Crippen molar-refractivity contribution < 1.29 is 14.3 Å². The third-order valence-corrected chi connectivity index (χ3v) is 4.72. The lowest BCUT2D eigenvalue weighted by Gasteiger charge is -2.17. The number of aliphatic carboxylic acids is 1. The number of fused-ring (bicyclic) bond motifs is 1. The Morgan fingerprint density at radius 2 is 1.88 bits per heavy atom. The second-order valence-electron chi connectivity index (χ2n) is 6.41. The van der Waals surface area contributed by atoms with Gasteiger partial charge in [-0.25, -0.2) is 9.78 Å². The molecule has 1 aliphatic carbocycles. The maximum absolute atomic E-state index is 11.1. The highest BCUT2D eigenvalue weighted by Crippen LogP contribution is 2.28. The molecular weight excluding hydrogens is 316 g/mol. The highest BCUT2D eigenvalue weighted by atomic mass is 16.4. The van der Waals surface area contributed by atoms with E-state index in [1.54, 1.807) is 18.2 Å². The van der Waals surface area contributed by atoms with Gasteiger partial charge in [-0.3, -0.25) is 0 Å². The van der Waals surface area contributed by atoms with Gasteiger partial charge >= 0.3 is 5.97 Å². The van der Waals surface area contributed by atoms with Crippen LogP contribution in [0.25, 0.3) is 17.5 Å². The molecule has 0 amide bonds. The zero-order chi connectivity index (χ0) is 17.2. The van der Waals surface area contributed by atoms with Crippen LogP contribution in [0.3, 0.4) is 0 Å². The molecule has 4 rings (SSSR count). The predicted molar refractivity (Wildman–Crippen MR) is 96.5 cm³/mol. The van der Waals surface area contributed by atoms with Crippen molar-refractivity contribution in [3.05, 3.63) is 53.4 Å². The predicted octanol–water partition coefficient (Wildman–Crippen LogP) is 3.91. The smallest absolute Gasteiger partial charge is 0.335 e. The van der Waals surface area contributed by atoms with E-state index in [2.05, 4.69) is 22.0 Å². The quantitative estimate of drug-likeness (QED) is 0.920. The van der Waals surface area contributed by atoms with Crippen molar-refractivity contribution in [2.45, 2.75) is 25.7 Å². The minimum Gasteiger partial charge on any atom is -0.478 e. The van der Waals surface area contributed by atoms with E-state index in [1.807, 2.05) is 12.1 Å². The summed E-state index contributed by atoms with van der Waals surface area (Å²) in [6.45, 7) is 2.24. The largest absolute Gasteiger partial charge is 0.478 e. The molecule has 5 heteroatoms. The molecule has 1 aromatic heterocycles. The van der Waals surface area contributed by atoms with Crippen LogP contribution in [0, 0.1) is 0 Å². The van der Waals surface area contributed by atoms with Gasteiger partial charge in [0, 0.05) is 24.3 Å². The van der Waals surface area contributed by atoms with Crippen molar-refractivity contribution in [2.75, 3.05) is 18.0 Å². The van der Waals surface area contributed by atoms with E-state index in [-0.39, 0.29) is 0 Å². The fourth-order valence-electron chi connectivity index (χ4n) is 3.34. The Hall–Kier alpha value is -2.82. The molecule has 1 aliphatic heterocycles. The minimum atomic E-state index is -0.919. The van der Waals surface area contributed by atoms with Gasteiger partial charge in [0.2, 0.25) is 5.89 Å². The number of aryl methyl sites for hydroxylation is 1. The second-order valence-corrected chi connectivity index (χ2v) is 6.41. The molecule has 5 nitrogen and oxygen atoms in total. The molecular formula is C20H20N2O3. The second kappa shape index (κ2) is 6.59. The summed E-state index contributed by atoms with van der Waals surface area (Å²) in [6, 6.07) is 8.30. The summed E-state index contributed by atoms with van der Waals surface area (Å²) < 4.78 is 5.89. The van der Waals surface area contributed by atoms with Crippen LogP contribution in [0.2, 0.25) is 0 Å². The first-order chi connectivity index (χ1) is 12.2. The molecule has 128 valence electrons. The number of carboxylic acids is 1. The van der Waals surface area contributed by atoms with Gasteiger partial charge in [0.05, 0.1) is 11.3 Å². The van der Waals surface area contributed by atoms with E-state index in [0.29, 0.717) is 30.1 Å². The van der Waals surface area contributed by atoms with E-state index in [4.69, 9.17) is 9.52 Å². The Morgan fingerprint density at radius 3 is 2.60 bits per heavy atom. The maximum atomic E-state index is 11.1. The van der Waals surface area contributed by atoms with Crippen LogP contribution < -0.4 is 4.90 Å². The van der Waals surface area contributed by atoms with E-state index in [0.717, 1.165) is 24.3 Å². The Balaban J connectivity index is 1.58. The van der Waals surface area contributed by atoms with E-state index in [1.165, 1.54) is 18.5 Å². The SMILES string of the molecule is O=C(O)C1=CCCc2nc(-c3ccc(N4CCCC4)cc3)oc2/C=C\1. The molecule has 2 aliphatic rings. The average Bonchev–Trinajstić information content (AvgIpc) is 3.25. The molecule has 0 unspecified atom stereocenters. The number of anilines is 1. The van der Waals surface area contributed by atoms with E-state index < -0.39 is 5.97 Å². The summed E-state index contributed by atoms with van der Waals surface area (Å²) in [6.07, 6.45) is 8.82. The van der Waals surface area contributed by atoms with Crippen LogP contribution >= 0.6 is 0 Å². The molecule has 1 fully saturated rings. The molecule has 0 spiro atoms. The molecule has 1 N–H and O–H groups in total. The first-order valence-electron chi connectivity index (χ1n) is 8.67. The average molecular weight is 336 g/mol. The third kappa shape index (κ3) is 3.22. The van der Waals surface area contributed by atoms with Crippen molar-refractivity contribution in [2.24, 2.45) is 0 Å². The first-order valence-corrected chi connectivity index (χ1v) is 8.67. The lowest BCUT2D eigenvalue weighted by molar-refractivity contribution is -0.132. The molecule has 0 atom stereocenters. The van der Waals surface area contributed by atoms with Crippen LogP contribution in [-0.4, -0.2) is 29.1 Å². The first kappa shape index (κ1) is 15.7. The van der Waals surface area contributed by atoms with Crippen LogP contribution in [0.4, 0.5) is 5.69 Å². The fourth-order valence-corrected chi connectivity index (χ4v) is 3.34. The van der Waals surface area contributed by atoms with Gasteiger partial charge in [-0.2, -0.15) is 0 Å². The number of carboxylic acid groups (broad SMARTS) is 1. The summed E-state index contributed by atoms with van der Waals surface area (Å²) in [5.41, 5.74) is 3.34. The van der Waals surface area contributed by atoms with Crippen molar-refractivity contribution >= 4 is 17.7 Å². The number of oxazole rings is 1. The molecule has 1 aromatic carbocycles. The van der Waals surface area contributed by atoms with E-state index >= 15 is 0 Å².